The SMILES string of the molecule is CC(=O)Nc1ccc(C(=O)NCCn2nc(C)ccc2=O)cc1. The minimum atomic E-state index is -0.250. The molecule has 0 saturated heterocycles. The molecule has 0 aliphatic heterocycles. The van der Waals surface area contributed by atoms with Gasteiger partial charge < -0.3 is 10.6 Å². The Bertz CT molecular complexity index is 766. The van der Waals surface area contributed by atoms with Gasteiger partial charge in [0.1, 0.15) is 0 Å². The van der Waals surface area contributed by atoms with E-state index in [0.29, 0.717) is 24.3 Å². The van der Waals surface area contributed by atoms with Gasteiger partial charge in [0.15, 0.2) is 0 Å². The number of aromatic nitrogens is 2. The molecule has 0 aliphatic carbocycles. The minimum Gasteiger partial charge on any atom is -0.350 e. The molecule has 2 N–H and O–H groups in total. The van der Waals surface area contributed by atoms with Gasteiger partial charge in [0.2, 0.25) is 5.91 Å². The van der Waals surface area contributed by atoms with Gasteiger partial charge in [0, 0.05) is 30.8 Å². The van der Waals surface area contributed by atoms with E-state index in [4.69, 9.17) is 0 Å². The zero-order valence-corrected chi connectivity index (χ0v) is 13.0. The molecule has 2 aromatic rings. The Morgan fingerprint density at radius 3 is 2.48 bits per heavy atom. The molecule has 0 spiro atoms. The van der Waals surface area contributed by atoms with Crippen LogP contribution in [0.1, 0.15) is 23.0 Å². The fraction of sp³-hybridized carbons (Fsp3) is 0.250. The molecule has 0 radical (unpaired) electrons. The maximum atomic E-state index is 12.0. The van der Waals surface area contributed by atoms with Gasteiger partial charge in [-0.25, -0.2) is 4.68 Å². The summed E-state index contributed by atoms with van der Waals surface area (Å²) in [5.74, 6) is -0.418. The fourth-order valence-corrected chi connectivity index (χ4v) is 2.00. The number of benzene rings is 1. The first-order valence-electron chi connectivity index (χ1n) is 7.16. The second kappa shape index (κ2) is 7.35. The Hall–Kier alpha value is -2.96. The predicted molar refractivity (Wildman–Crippen MR) is 86.3 cm³/mol. The van der Waals surface area contributed by atoms with Crippen LogP contribution in [0.5, 0.6) is 0 Å². The first kappa shape index (κ1) is 16.4. The van der Waals surface area contributed by atoms with E-state index in [1.54, 1.807) is 37.3 Å². The number of rotatable bonds is 5. The van der Waals surface area contributed by atoms with Crippen LogP contribution in [0.25, 0.3) is 0 Å². The molecule has 120 valence electrons. The minimum absolute atomic E-state index is 0.168. The van der Waals surface area contributed by atoms with Crippen molar-refractivity contribution in [1.82, 2.24) is 15.1 Å². The van der Waals surface area contributed by atoms with Crippen LogP contribution in [0, 0.1) is 6.92 Å². The van der Waals surface area contributed by atoms with E-state index in [1.807, 2.05) is 0 Å². The fourth-order valence-electron chi connectivity index (χ4n) is 2.00. The Morgan fingerprint density at radius 2 is 1.83 bits per heavy atom. The molecule has 1 heterocycles. The van der Waals surface area contributed by atoms with E-state index < -0.39 is 0 Å². The second-order valence-electron chi connectivity index (χ2n) is 5.05. The van der Waals surface area contributed by atoms with Crippen LogP contribution in [-0.2, 0) is 11.3 Å². The van der Waals surface area contributed by atoms with Gasteiger partial charge in [-0.2, -0.15) is 5.10 Å². The standard InChI is InChI=1S/C16H18N4O3/c1-11-3-8-15(22)20(19-11)10-9-17-16(23)13-4-6-14(7-5-13)18-12(2)21/h3-8H,9-10H2,1-2H3,(H,17,23)(H,18,21). The van der Waals surface area contributed by atoms with Crippen LogP contribution in [0.2, 0.25) is 0 Å². The summed E-state index contributed by atoms with van der Waals surface area (Å²) >= 11 is 0. The van der Waals surface area contributed by atoms with Crippen LogP contribution in [0.3, 0.4) is 0 Å². The normalized spacial score (nSPS) is 10.2. The second-order valence-corrected chi connectivity index (χ2v) is 5.05. The number of carbonyl (C=O) groups is 2. The summed E-state index contributed by atoms with van der Waals surface area (Å²) in [5.41, 5.74) is 1.64. The summed E-state index contributed by atoms with van der Waals surface area (Å²) in [6.45, 7) is 3.81. The number of anilines is 1. The smallest absolute Gasteiger partial charge is 0.266 e. The van der Waals surface area contributed by atoms with Crippen LogP contribution in [0.15, 0.2) is 41.2 Å². The van der Waals surface area contributed by atoms with Crippen molar-refractivity contribution in [2.45, 2.75) is 20.4 Å². The topological polar surface area (TPSA) is 93.1 Å². The highest BCUT2D eigenvalue weighted by atomic mass is 16.2. The molecule has 0 fully saturated rings. The molecule has 23 heavy (non-hydrogen) atoms. The van der Waals surface area contributed by atoms with Gasteiger partial charge in [-0.05, 0) is 37.3 Å². The third-order valence-corrected chi connectivity index (χ3v) is 3.08. The molecule has 1 aromatic heterocycles. The molecule has 0 bridgehead atoms. The van der Waals surface area contributed by atoms with Gasteiger partial charge in [0.25, 0.3) is 11.5 Å². The zero-order chi connectivity index (χ0) is 16.8. The zero-order valence-electron chi connectivity index (χ0n) is 13.0. The number of aryl methyl sites for hydroxylation is 1. The Morgan fingerprint density at radius 1 is 1.13 bits per heavy atom. The molecule has 0 atom stereocenters. The van der Waals surface area contributed by atoms with E-state index in [-0.39, 0.29) is 17.4 Å². The summed E-state index contributed by atoms with van der Waals surface area (Å²) in [5, 5.41) is 9.45. The highest BCUT2D eigenvalue weighted by molar-refractivity contribution is 5.95. The predicted octanol–water partition coefficient (Wildman–Crippen LogP) is 0.940. The molecule has 7 heteroatoms. The molecule has 0 saturated carbocycles. The van der Waals surface area contributed by atoms with Gasteiger partial charge >= 0.3 is 0 Å². The van der Waals surface area contributed by atoms with Gasteiger partial charge in [-0.15, -0.1) is 0 Å². The average Bonchev–Trinajstić information content (AvgIpc) is 2.50. The van der Waals surface area contributed by atoms with Crippen molar-refractivity contribution in [3.05, 3.63) is 58.0 Å². The summed E-state index contributed by atoms with van der Waals surface area (Å²) in [7, 11) is 0. The molecular formula is C16H18N4O3. The largest absolute Gasteiger partial charge is 0.350 e. The quantitative estimate of drug-likeness (QED) is 0.859. The third-order valence-electron chi connectivity index (χ3n) is 3.08. The van der Waals surface area contributed by atoms with Gasteiger partial charge in [-0.3, -0.25) is 14.4 Å². The molecule has 7 nitrogen and oxygen atoms in total. The monoisotopic (exact) mass is 314 g/mol. The number of carbonyl (C=O) groups excluding carboxylic acids is 2. The lowest BCUT2D eigenvalue weighted by molar-refractivity contribution is -0.114. The van der Waals surface area contributed by atoms with Crippen LogP contribution in [-0.4, -0.2) is 28.1 Å². The summed E-state index contributed by atoms with van der Waals surface area (Å²) < 4.78 is 1.31. The van der Waals surface area contributed by atoms with Crippen LogP contribution in [0.4, 0.5) is 5.69 Å². The first-order valence-corrected chi connectivity index (χ1v) is 7.16. The van der Waals surface area contributed by atoms with E-state index in [2.05, 4.69) is 15.7 Å². The number of amides is 2. The molecule has 2 amide bonds. The lowest BCUT2D eigenvalue weighted by Crippen LogP contribution is -2.32. The number of hydrogen-bond acceptors (Lipinski definition) is 4. The number of nitrogens with one attached hydrogen (secondary N) is 2. The third kappa shape index (κ3) is 4.77. The molecule has 0 unspecified atom stereocenters. The van der Waals surface area contributed by atoms with Crippen LogP contribution < -0.4 is 16.2 Å². The molecule has 2 rings (SSSR count). The van der Waals surface area contributed by atoms with Crippen molar-refractivity contribution in [3.63, 3.8) is 0 Å². The molecule has 1 aromatic carbocycles. The molecular weight excluding hydrogens is 296 g/mol. The van der Waals surface area contributed by atoms with Crippen LogP contribution >= 0.6 is 0 Å². The maximum absolute atomic E-state index is 12.0. The number of nitrogens with zero attached hydrogens (tertiary/aromatic N) is 2. The van der Waals surface area contributed by atoms with E-state index in [9.17, 15) is 14.4 Å². The van der Waals surface area contributed by atoms with Crippen molar-refractivity contribution >= 4 is 17.5 Å². The van der Waals surface area contributed by atoms with Crippen molar-refractivity contribution in [3.8, 4) is 0 Å². The maximum Gasteiger partial charge on any atom is 0.266 e. The summed E-state index contributed by atoms with van der Waals surface area (Å²) in [6.07, 6.45) is 0. The van der Waals surface area contributed by atoms with Crippen molar-refractivity contribution < 1.29 is 9.59 Å². The van der Waals surface area contributed by atoms with Crippen molar-refractivity contribution in [2.75, 3.05) is 11.9 Å². The van der Waals surface area contributed by atoms with Gasteiger partial charge in [0.05, 0.1) is 12.2 Å². The Balaban J connectivity index is 1.90. The van der Waals surface area contributed by atoms with Gasteiger partial charge in [-0.1, -0.05) is 0 Å². The van der Waals surface area contributed by atoms with E-state index >= 15 is 0 Å². The lowest BCUT2D eigenvalue weighted by Gasteiger charge is -2.08. The summed E-state index contributed by atoms with van der Waals surface area (Å²) in [4.78, 5) is 34.5. The highest BCUT2D eigenvalue weighted by Gasteiger charge is 2.06. The lowest BCUT2D eigenvalue weighted by atomic mass is 10.2. The summed E-state index contributed by atoms with van der Waals surface area (Å²) in [6, 6.07) is 9.65. The average molecular weight is 314 g/mol. The van der Waals surface area contributed by atoms with Crippen molar-refractivity contribution in [1.29, 1.82) is 0 Å². The van der Waals surface area contributed by atoms with E-state index in [0.717, 1.165) is 5.69 Å². The Kier molecular flexibility index (Phi) is 5.24. The first-order chi connectivity index (χ1) is 11.0. The Labute approximate surface area is 133 Å². The molecule has 0 aliphatic rings. The van der Waals surface area contributed by atoms with E-state index in [1.165, 1.54) is 17.7 Å². The highest BCUT2D eigenvalue weighted by Crippen LogP contribution is 2.09. The number of hydrogen-bond donors (Lipinski definition) is 2. The van der Waals surface area contributed by atoms with Crippen molar-refractivity contribution in [2.24, 2.45) is 0 Å².